The molecule has 0 unspecified atom stereocenters. The lowest BCUT2D eigenvalue weighted by molar-refractivity contribution is -0.144. The van der Waals surface area contributed by atoms with Crippen LogP contribution in [0.5, 0.6) is 0 Å². The van der Waals surface area contributed by atoms with Crippen LogP contribution in [-0.2, 0) is 4.79 Å². The number of carboxylic acid groups (broad SMARTS) is 1. The first kappa shape index (κ1) is 13.1. The second-order valence-electron chi connectivity index (χ2n) is 4.76. The van der Waals surface area contributed by atoms with E-state index in [1.165, 1.54) is 11.3 Å². The topological polar surface area (TPSA) is 57.6 Å². The third-order valence-corrected chi connectivity index (χ3v) is 4.63. The van der Waals surface area contributed by atoms with Crippen LogP contribution in [0.2, 0.25) is 0 Å². The molecule has 1 saturated heterocycles. The van der Waals surface area contributed by atoms with E-state index in [2.05, 4.69) is 0 Å². The van der Waals surface area contributed by atoms with E-state index in [1.807, 2.05) is 25.3 Å². The highest BCUT2D eigenvalue weighted by atomic mass is 32.1. The van der Waals surface area contributed by atoms with Crippen molar-refractivity contribution in [2.45, 2.75) is 32.7 Å². The van der Waals surface area contributed by atoms with E-state index in [1.54, 1.807) is 4.90 Å². The number of thiophene rings is 1. The fourth-order valence-corrected chi connectivity index (χ4v) is 3.36. The number of amides is 1. The predicted molar refractivity (Wildman–Crippen MR) is 69.9 cm³/mol. The van der Waals surface area contributed by atoms with Crippen molar-refractivity contribution in [1.82, 2.24) is 4.90 Å². The van der Waals surface area contributed by atoms with Crippen molar-refractivity contribution in [2.24, 2.45) is 5.92 Å². The van der Waals surface area contributed by atoms with Crippen molar-refractivity contribution in [3.8, 4) is 0 Å². The summed E-state index contributed by atoms with van der Waals surface area (Å²) in [5.74, 6) is -1.27. The number of hydrogen-bond acceptors (Lipinski definition) is 3. The fourth-order valence-electron chi connectivity index (χ4n) is 2.48. The highest BCUT2D eigenvalue weighted by Crippen LogP contribution is 2.27. The molecule has 0 bridgehead atoms. The number of carbonyl (C=O) groups is 2. The predicted octanol–water partition coefficient (Wildman–Crippen LogP) is 2.38. The zero-order valence-electron chi connectivity index (χ0n) is 10.5. The van der Waals surface area contributed by atoms with Gasteiger partial charge in [-0.05, 0) is 43.7 Å². The number of aliphatic carboxylic acids is 1. The Morgan fingerprint density at radius 2 is 2.22 bits per heavy atom. The number of nitrogens with zero attached hydrogens (tertiary/aromatic N) is 1. The van der Waals surface area contributed by atoms with Gasteiger partial charge in [-0.25, -0.2) is 0 Å². The molecule has 1 aliphatic rings. The van der Waals surface area contributed by atoms with Crippen molar-refractivity contribution in [2.75, 3.05) is 6.54 Å². The second kappa shape index (κ2) is 5.10. The summed E-state index contributed by atoms with van der Waals surface area (Å²) in [5.41, 5.74) is 0.967. The molecular formula is C13H17NO3S. The van der Waals surface area contributed by atoms with Gasteiger partial charge in [0.05, 0.1) is 10.8 Å². The van der Waals surface area contributed by atoms with E-state index < -0.39 is 11.9 Å². The average molecular weight is 267 g/mol. The summed E-state index contributed by atoms with van der Waals surface area (Å²) in [4.78, 5) is 26.0. The number of likely N-dealkylation sites (tertiary alicyclic amines) is 1. The third kappa shape index (κ3) is 2.27. The van der Waals surface area contributed by atoms with Crippen molar-refractivity contribution in [3.05, 3.63) is 21.9 Å². The van der Waals surface area contributed by atoms with Crippen LogP contribution in [0.15, 0.2) is 11.4 Å². The van der Waals surface area contributed by atoms with Crippen LogP contribution in [-0.4, -0.2) is 34.5 Å². The summed E-state index contributed by atoms with van der Waals surface area (Å²) in [5, 5.41) is 11.1. The Labute approximate surface area is 110 Å². The summed E-state index contributed by atoms with van der Waals surface area (Å²) in [6, 6.07) is 1.69. The van der Waals surface area contributed by atoms with Gasteiger partial charge in [0, 0.05) is 12.6 Å². The maximum atomic E-state index is 12.4. The summed E-state index contributed by atoms with van der Waals surface area (Å²) in [7, 11) is 0. The number of rotatable bonds is 2. The lowest BCUT2D eigenvalue weighted by Crippen LogP contribution is -2.49. The molecule has 2 heterocycles. The lowest BCUT2D eigenvalue weighted by Gasteiger charge is -2.37. The molecule has 0 radical (unpaired) electrons. The fraction of sp³-hybridized carbons (Fsp3) is 0.538. The number of piperidine rings is 1. The van der Waals surface area contributed by atoms with Gasteiger partial charge in [-0.2, -0.15) is 0 Å². The molecule has 1 fully saturated rings. The Hall–Kier alpha value is -1.36. The zero-order chi connectivity index (χ0) is 13.3. The quantitative estimate of drug-likeness (QED) is 0.895. The molecular weight excluding hydrogens is 250 g/mol. The van der Waals surface area contributed by atoms with Gasteiger partial charge in [-0.15, -0.1) is 11.3 Å². The summed E-state index contributed by atoms with van der Waals surface area (Å²) >= 11 is 1.42. The van der Waals surface area contributed by atoms with Gasteiger partial charge in [-0.1, -0.05) is 0 Å². The molecule has 0 aromatic carbocycles. The van der Waals surface area contributed by atoms with Gasteiger partial charge >= 0.3 is 5.97 Å². The maximum absolute atomic E-state index is 12.4. The molecule has 1 aromatic rings. The molecule has 5 heteroatoms. The van der Waals surface area contributed by atoms with Crippen molar-refractivity contribution in [3.63, 3.8) is 0 Å². The normalized spacial score (nSPS) is 24.0. The molecule has 1 aromatic heterocycles. The van der Waals surface area contributed by atoms with Crippen LogP contribution < -0.4 is 0 Å². The van der Waals surface area contributed by atoms with E-state index in [4.69, 9.17) is 5.11 Å². The van der Waals surface area contributed by atoms with E-state index >= 15 is 0 Å². The minimum absolute atomic E-state index is 0.0269. The molecule has 1 aliphatic heterocycles. The molecule has 0 spiro atoms. The molecule has 2 rings (SSSR count). The van der Waals surface area contributed by atoms with E-state index in [-0.39, 0.29) is 11.9 Å². The Balaban J connectivity index is 2.20. The van der Waals surface area contributed by atoms with Crippen LogP contribution in [0.25, 0.3) is 0 Å². The molecule has 18 heavy (non-hydrogen) atoms. The molecule has 0 saturated carbocycles. The minimum Gasteiger partial charge on any atom is -0.481 e. The SMILES string of the molecule is Cc1ccsc1C(=O)N1CCC[C@@H](C(=O)O)[C@H]1C. The Bertz CT molecular complexity index is 469. The minimum atomic E-state index is -0.803. The Morgan fingerprint density at radius 3 is 2.78 bits per heavy atom. The molecule has 0 aliphatic carbocycles. The van der Waals surface area contributed by atoms with Gasteiger partial charge in [-0.3, -0.25) is 9.59 Å². The van der Waals surface area contributed by atoms with E-state index in [9.17, 15) is 9.59 Å². The Kier molecular flexibility index (Phi) is 3.71. The van der Waals surface area contributed by atoms with Crippen LogP contribution in [0, 0.1) is 12.8 Å². The lowest BCUT2D eigenvalue weighted by atomic mass is 9.90. The van der Waals surface area contributed by atoms with Crippen LogP contribution in [0.4, 0.5) is 0 Å². The number of aryl methyl sites for hydroxylation is 1. The van der Waals surface area contributed by atoms with Crippen molar-refractivity contribution >= 4 is 23.2 Å². The second-order valence-corrected chi connectivity index (χ2v) is 5.67. The highest BCUT2D eigenvalue weighted by molar-refractivity contribution is 7.12. The summed E-state index contributed by atoms with van der Waals surface area (Å²) in [6.45, 7) is 4.40. The van der Waals surface area contributed by atoms with Crippen LogP contribution >= 0.6 is 11.3 Å². The molecule has 1 N–H and O–H groups in total. The Morgan fingerprint density at radius 1 is 1.50 bits per heavy atom. The summed E-state index contributed by atoms with van der Waals surface area (Å²) < 4.78 is 0. The smallest absolute Gasteiger partial charge is 0.308 e. The monoisotopic (exact) mass is 267 g/mol. The first-order valence-electron chi connectivity index (χ1n) is 6.10. The number of carboxylic acids is 1. The van der Waals surface area contributed by atoms with Gasteiger partial charge < -0.3 is 10.0 Å². The number of carbonyl (C=O) groups excluding carboxylic acids is 1. The maximum Gasteiger partial charge on any atom is 0.308 e. The van der Waals surface area contributed by atoms with Gasteiger partial charge in [0.1, 0.15) is 0 Å². The third-order valence-electron chi connectivity index (χ3n) is 3.62. The standard InChI is InChI=1S/C13H17NO3S/c1-8-5-7-18-11(8)12(15)14-6-3-4-10(9(14)2)13(16)17/h5,7,9-10H,3-4,6H2,1-2H3,(H,16,17)/t9-,10-/m1/s1. The summed E-state index contributed by atoms with van der Waals surface area (Å²) in [6.07, 6.45) is 1.42. The molecule has 2 atom stereocenters. The largest absolute Gasteiger partial charge is 0.481 e. The zero-order valence-corrected chi connectivity index (χ0v) is 11.4. The van der Waals surface area contributed by atoms with Gasteiger partial charge in [0.15, 0.2) is 0 Å². The number of hydrogen-bond donors (Lipinski definition) is 1. The molecule has 1 amide bonds. The molecule has 4 nitrogen and oxygen atoms in total. The molecule has 98 valence electrons. The van der Waals surface area contributed by atoms with E-state index in [0.29, 0.717) is 13.0 Å². The van der Waals surface area contributed by atoms with E-state index in [0.717, 1.165) is 16.9 Å². The van der Waals surface area contributed by atoms with Crippen LogP contribution in [0.1, 0.15) is 35.0 Å². The highest BCUT2D eigenvalue weighted by Gasteiger charge is 2.36. The first-order chi connectivity index (χ1) is 8.52. The van der Waals surface area contributed by atoms with Gasteiger partial charge in [0.2, 0.25) is 0 Å². The van der Waals surface area contributed by atoms with Crippen LogP contribution in [0.3, 0.4) is 0 Å². The first-order valence-corrected chi connectivity index (χ1v) is 6.98. The van der Waals surface area contributed by atoms with Crippen molar-refractivity contribution in [1.29, 1.82) is 0 Å². The van der Waals surface area contributed by atoms with Crippen molar-refractivity contribution < 1.29 is 14.7 Å². The average Bonchev–Trinajstić information content (AvgIpc) is 2.74. The van der Waals surface area contributed by atoms with Gasteiger partial charge in [0.25, 0.3) is 5.91 Å².